The van der Waals surface area contributed by atoms with E-state index in [1.807, 2.05) is 12.1 Å². The van der Waals surface area contributed by atoms with Gasteiger partial charge in [0.05, 0.1) is 6.04 Å². The summed E-state index contributed by atoms with van der Waals surface area (Å²) in [5, 5.41) is 5.83. The van der Waals surface area contributed by atoms with Gasteiger partial charge >= 0.3 is 0 Å². The number of rotatable bonds is 6. The number of benzene rings is 1. The summed E-state index contributed by atoms with van der Waals surface area (Å²) in [6.45, 7) is 9.77. The monoisotopic (exact) mass is 305 g/mol. The van der Waals surface area contributed by atoms with Gasteiger partial charge in [-0.2, -0.15) is 0 Å². The summed E-state index contributed by atoms with van der Waals surface area (Å²) in [6, 6.07) is 9.31. The molecule has 0 aliphatic carbocycles. The van der Waals surface area contributed by atoms with Crippen molar-refractivity contribution in [3.05, 3.63) is 57.5 Å². The third-order valence-corrected chi connectivity index (χ3v) is 5.16. The van der Waals surface area contributed by atoms with Crippen molar-refractivity contribution in [2.75, 3.05) is 6.54 Å². The lowest BCUT2D eigenvalue weighted by molar-refractivity contribution is 0.351. The Morgan fingerprint density at radius 3 is 2.38 bits per heavy atom. The molecule has 3 heteroatoms. The van der Waals surface area contributed by atoms with Crippen molar-refractivity contribution in [1.29, 1.82) is 0 Å². The number of aryl methyl sites for hydroxylation is 1. The Morgan fingerprint density at radius 1 is 1.19 bits per heavy atom. The number of hydrogen-bond donors (Lipinski definition) is 1. The fraction of sp³-hybridized carbons (Fsp3) is 0.444. The molecular formula is C18H24FNS. The van der Waals surface area contributed by atoms with E-state index in [2.05, 4.69) is 44.5 Å². The van der Waals surface area contributed by atoms with Crippen LogP contribution >= 0.6 is 11.3 Å². The van der Waals surface area contributed by atoms with Gasteiger partial charge in [-0.25, -0.2) is 4.39 Å². The molecule has 0 aliphatic rings. The van der Waals surface area contributed by atoms with Crippen LogP contribution in [0.5, 0.6) is 0 Å². The highest BCUT2D eigenvalue weighted by Crippen LogP contribution is 2.40. The van der Waals surface area contributed by atoms with E-state index < -0.39 is 0 Å². The zero-order valence-electron chi connectivity index (χ0n) is 13.2. The van der Waals surface area contributed by atoms with Crippen LogP contribution < -0.4 is 5.32 Å². The highest BCUT2D eigenvalue weighted by Gasteiger charge is 2.33. The summed E-state index contributed by atoms with van der Waals surface area (Å²) >= 11 is 1.80. The van der Waals surface area contributed by atoms with Crippen LogP contribution in [0, 0.1) is 12.7 Å². The lowest BCUT2D eigenvalue weighted by atomic mass is 9.76. The summed E-state index contributed by atoms with van der Waals surface area (Å²) in [4.78, 5) is 1.37. The topological polar surface area (TPSA) is 12.0 Å². The summed E-state index contributed by atoms with van der Waals surface area (Å²) in [5.74, 6) is -0.181. The molecule has 2 aromatic rings. The first-order chi connectivity index (χ1) is 9.96. The molecule has 0 amide bonds. The Morgan fingerprint density at radius 2 is 1.86 bits per heavy atom. The molecule has 0 saturated heterocycles. The number of nitrogens with one attached hydrogen (secondary N) is 1. The summed E-state index contributed by atoms with van der Waals surface area (Å²) < 4.78 is 13.2. The second kappa shape index (κ2) is 6.71. The molecule has 0 spiro atoms. The average molecular weight is 305 g/mol. The number of hydrogen-bond acceptors (Lipinski definition) is 2. The molecule has 0 radical (unpaired) electrons. The first-order valence-corrected chi connectivity index (χ1v) is 8.38. The van der Waals surface area contributed by atoms with Gasteiger partial charge in [0.15, 0.2) is 0 Å². The van der Waals surface area contributed by atoms with Gasteiger partial charge in [-0.15, -0.1) is 11.3 Å². The van der Waals surface area contributed by atoms with E-state index in [-0.39, 0.29) is 17.3 Å². The van der Waals surface area contributed by atoms with Crippen LogP contribution in [0.25, 0.3) is 0 Å². The maximum atomic E-state index is 13.2. The molecule has 0 saturated carbocycles. The first-order valence-electron chi connectivity index (χ1n) is 7.50. The van der Waals surface area contributed by atoms with Crippen molar-refractivity contribution in [3.8, 4) is 0 Å². The lowest BCUT2D eigenvalue weighted by Crippen LogP contribution is -2.37. The molecule has 1 N–H and O–H groups in total. The van der Waals surface area contributed by atoms with Crippen molar-refractivity contribution in [1.82, 2.24) is 5.32 Å². The molecule has 1 heterocycles. The van der Waals surface area contributed by atoms with Gasteiger partial charge in [0.2, 0.25) is 0 Å². The molecule has 1 unspecified atom stereocenters. The third-order valence-electron chi connectivity index (χ3n) is 4.07. The Bertz CT molecular complexity index is 571. The fourth-order valence-electron chi connectivity index (χ4n) is 2.69. The molecule has 1 atom stereocenters. The van der Waals surface area contributed by atoms with Gasteiger partial charge < -0.3 is 5.32 Å². The van der Waals surface area contributed by atoms with Crippen molar-refractivity contribution in [2.45, 2.75) is 45.6 Å². The Labute approximate surface area is 131 Å². The van der Waals surface area contributed by atoms with E-state index in [0.29, 0.717) is 0 Å². The Hall–Kier alpha value is -1.19. The van der Waals surface area contributed by atoms with Crippen LogP contribution in [0.2, 0.25) is 0 Å². The fourth-order valence-corrected chi connectivity index (χ4v) is 3.88. The SMILES string of the molecule is CCCNC(c1sccc1C)C(C)(C)c1ccc(F)cc1. The molecule has 0 aliphatic heterocycles. The van der Waals surface area contributed by atoms with Gasteiger partial charge in [-0.3, -0.25) is 0 Å². The van der Waals surface area contributed by atoms with Crippen molar-refractivity contribution in [3.63, 3.8) is 0 Å². The van der Waals surface area contributed by atoms with E-state index in [9.17, 15) is 4.39 Å². The van der Waals surface area contributed by atoms with E-state index in [0.717, 1.165) is 18.5 Å². The molecule has 2 rings (SSSR count). The first kappa shape index (κ1) is 16.2. The van der Waals surface area contributed by atoms with Crippen LogP contribution in [0.1, 0.15) is 49.2 Å². The van der Waals surface area contributed by atoms with Crippen LogP contribution in [0.15, 0.2) is 35.7 Å². The second-order valence-corrected chi connectivity index (χ2v) is 7.03. The van der Waals surface area contributed by atoms with Gasteiger partial charge in [-0.1, -0.05) is 32.9 Å². The molecule has 1 nitrogen and oxygen atoms in total. The standard InChI is InChI=1S/C18H24FNS/c1-5-11-20-17(16-13(2)10-12-21-16)18(3,4)14-6-8-15(19)9-7-14/h6-10,12,17,20H,5,11H2,1-4H3. The van der Waals surface area contributed by atoms with E-state index in [1.54, 1.807) is 23.5 Å². The highest BCUT2D eigenvalue weighted by molar-refractivity contribution is 7.10. The Balaban J connectivity index is 2.39. The number of halogens is 1. The molecule has 1 aromatic heterocycles. The predicted octanol–water partition coefficient (Wildman–Crippen LogP) is 5.21. The maximum Gasteiger partial charge on any atom is 0.123 e. The van der Waals surface area contributed by atoms with E-state index >= 15 is 0 Å². The van der Waals surface area contributed by atoms with Gasteiger partial charge in [-0.05, 0) is 54.6 Å². The zero-order valence-corrected chi connectivity index (χ0v) is 14.1. The molecule has 114 valence electrons. The Kier molecular flexibility index (Phi) is 5.17. The third kappa shape index (κ3) is 3.53. The lowest BCUT2D eigenvalue weighted by Gasteiger charge is -2.36. The van der Waals surface area contributed by atoms with E-state index in [4.69, 9.17) is 0 Å². The minimum atomic E-state index is -0.181. The summed E-state index contributed by atoms with van der Waals surface area (Å²) in [5.41, 5.74) is 2.38. The minimum Gasteiger partial charge on any atom is -0.309 e. The number of thiophene rings is 1. The van der Waals surface area contributed by atoms with E-state index in [1.165, 1.54) is 10.4 Å². The van der Waals surface area contributed by atoms with Gasteiger partial charge in [0.25, 0.3) is 0 Å². The van der Waals surface area contributed by atoms with Crippen LogP contribution in [-0.4, -0.2) is 6.54 Å². The predicted molar refractivity (Wildman–Crippen MR) is 89.5 cm³/mol. The van der Waals surface area contributed by atoms with Crippen molar-refractivity contribution in [2.24, 2.45) is 0 Å². The van der Waals surface area contributed by atoms with Gasteiger partial charge in [0, 0.05) is 10.3 Å². The summed E-state index contributed by atoms with van der Waals surface area (Å²) in [6.07, 6.45) is 1.10. The average Bonchev–Trinajstić information content (AvgIpc) is 2.86. The largest absolute Gasteiger partial charge is 0.309 e. The zero-order chi connectivity index (χ0) is 15.5. The highest BCUT2D eigenvalue weighted by atomic mass is 32.1. The van der Waals surface area contributed by atoms with Crippen LogP contribution in [0.3, 0.4) is 0 Å². The molecule has 21 heavy (non-hydrogen) atoms. The smallest absolute Gasteiger partial charge is 0.123 e. The van der Waals surface area contributed by atoms with Gasteiger partial charge in [0.1, 0.15) is 5.82 Å². The van der Waals surface area contributed by atoms with Crippen LogP contribution in [-0.2, 0) is 5.41 Å². The van der Waals surface area contributed by atoms with Crippen LogP contribution in [0.4, 0.5) is 4.39 Å². The second-order valence-electron chi connectivity index (χ2n) is 6.08. The molecule has 1 aromatic carbocycles. The molecule has 0 bridgehead atoms. The normalized spacial score (nSPS) is 13.4. The van der Waals surface area contributed by atoms with Crippen molar-refractivity contribution >= 4 is 11.3 Å². The summed E-state index contributed by atoms with van der Waals surface area (Å²) in [7, 11) is 0. The quantitative estimate of drug-likeness (QED) is 0.772. The minimum absolute atomic E-state index is 0.0987. The molecular weight excluding hydrogens is 281 g/mol. The maximum absolute atomic E-state index is 13.2. The molecule has 0 fully saturated rings. The van der Waals surface area contributed by atoms with Crippen molar-refractivity contribution < 1.29 is 4.39 Å².